The van der Waals surface area contributed by atoms with Crippen LogP contribution in [0.15, 0.2) is 42.5 Å². The first-order valence-electron chi connectivity index (χ1n) is 13.3. The first kappa shape index (κ1) is 25.5. The highest BCUT2D eigenvalue weighted by Crippen LogP contribution is 2.50. The van der Waals surface area contributed by atoms with Crippen molar-refractivity contribution >= 4 is 16.9 Å². The number of halogens is 1. The molecular formula is C31H37FN2O3. The molecule has 2 fully saturated rings. The van der Waals surface area contributed by atoms with Gasteiger partial charge < -0.3 is 14.4 Å². The molecule has 0 N–H and O–H groups in total. The van der Waals surface area contributed by atoms with Gasteiger partial charge in [0.2, 0.25) is 5.88 Å². The van der Waals surface area contributed by atoms with Crippen molar-refractivity contribution in [3.8, 4) is 17.0 Å². The molecule has 2 aliphatic rings. The third kappa shape index (κ3) is 5.16. The molecule has 1 aliphatic carbocycles. The SMILES string of the molecule is Cc1ccc2c(-c3ccc(F)cc3)c(C(C)C)nc(OC3CC4(CCN(C(=O)OC(C)(C)C)C4)C3)c2c1. The van der Waals surface area contributed by atoms with Crippen molar-refractivity contribution in [2.75, 3.05) is 13.1 Å². The predicted octanol–water partition coefficient (Wildman–Crippen LogP) is 7.64. The monoisotopic (exact) mass is 504 g/mol. The molecule has 5 rings (SSSR count). The van der Waals surface area contributed by atoms with E-state index in [9.17, 15) is 9.18 Å². The van der Waals surface area contributed by atoms with E-state index >= 15 is 0 Å². The average molecular weight is 505 g/mol. The van der Waals surface area contributed by atoms with E-state index < -0.39 is 5.60 Å². The van der Waals surface area contributed by atoms with Crippen LogP contribution in [0.25, 0.3) is 21.9 Å². The second-order valence-corrected chi connectivity index (χ2v) is 12.2. The fraction of sp³-hybridized carbons (Fsp3) is 0.484. The Hall–Kier alpha value is -3.15. The van der Waals surface area contributed by atoms with Gasteiger partial charge in [0.15, 0.2) is 0 Å². The number of amides is 1. The standard InChI is InChI=1S/C31H37FN2O3/c1-19(2)27-26(21-8-10-22(32)11-9-21)24-12-7-20(3)15-25(24)28(33-27)36-23-16-31(17-23)13-14-34(18-31)29(35)37-30(4,5)6/h7-12,15,19,23H,13-14,16-18H2,1-6H3. The predicted molar refractivity (Wildman–Crippen MR) is 144 cm³/mol. The van der Waals surface area contributed by atoms with Crippen LogP contribution in [0.1, 0.15) is 71.1 Å². The number of likely N-dealkylation sites (tertiary alicyclic amines) is 1. The summed E-state index contributed by atoms with van der Waals surface area (Å²) in [6.07, 6.45) is 2.61. The fourth-order valence-electron chi connectivity index (χ4n) is 5.74. The van der Waals surface area contributed by atoms with Gasteiger partial charge in [-0.2, -0.15) is 0 Å². The number of hydrogen-bond donors (Lipinski definition) is 0. The van der Waals surface area contributed by atoms with Gasteiger partial charge in [0.25, 0.3) is 0 Å². The summed E-state index contributed by atoms with van der Waals surface area (Å²) in [5.41, 5.74) is 3.68. The van der Waals surface area contributed by atoms with Crippen LogP contribution in [-0.4, -0.2) is 40.8 Å². The Bertz CT molecular complexity index is 1320. The number of carbonyl (C=O) groups is 1. The molecule has 1 saturated carbocycles. The lowest BCUT2D eigenvalue weighted by atomic mass is 9.66. The number of ether oxygens (including phenoxy) is 2. The molecule has 2 aromatic carbocycles. The molecule has 5 nitrogen and oxygen atoms in total. The van der Waals surface area contributed by atoms with E-state index in [4.69, 9.17) is 14.5 Å². The van der Waals surface area contributed by atoms with Gasteiger partial charge in [-0.05, 0) is 87.4 Å². The normalized spacial score (nSPS) is 21.5. The molecule has 0 radical (unpaired) electrons. The van der Waals surface area contributed by atoms with Gasteiger partial charge in [-0.3, -0.25) is 0 Å². The lowest BCUT2D eigenvalue weighted by Crippen LogP contribution is -2.47. The molecule has 1 amide bonds. The van der Waals surface area contributed by atoms with E-state index in [1.807, 2.05) is 37.8 Å². The molecule has 0 unspecified atom stereocenters. The number of fused-ring (bicyclic) bond motifs is 1. The smallest absolute Gasteiger partial charge is 0.410 e. The van der Waals surface area contributed by atoms with Gasteiger partial charge in [0, 0.05) is 24.0 Å². The summed E-state index contributed by atoms with van der Waals surface area (Å²) >= 11 is 0. The number of aromatic nitrogens is 1. The molecule has 2 heterocycles. The van der Waals surface area contributed by atoms with Gasteiger partial charge in [0.1, 0.15) is 17.5 Å². The van der Waals surface area contributed by atoms with E-state index in [2.05, 4.69) is 39.0 Å². The van der Waals surface area contributed by atoms with Crippen LogP contribution >= 0.6 is 0 Å². The van der Waals surface area contributed by atoms with Crippen molar-refractivity contribution in [3.05, 3.63) is 59.5 Å². The Labute approximate surface area is 219 Å². The largest absolute Gasteiger partial charge is 0.474 e. The zero-order chi connectivity index (χ0) is 26.5. The van der Waals surface area contributed by atoms with Crippen LogP contribution in [0, 0.1) is 18.2 Å². The van der Waals surface area contributed by atoms with Crippen LogP contribution in [0.3, 0.4) is 0 Å². The first-order valence-corrected chi connectivity index (χ1v) is 13.3. The van der Waals surface area contributed by atoms with Crippen LogP contribution in [0.4, 0.5) is 9.18 Å². The molecule has 3 aromatic rings. The molecule has 0 atom stereocenters. The van der Waals surface area contributed by atoms with Gasteiger partial charge in [-0.25, -0.2) is 14.2 Å². The van der Waals surface area contributed by atoms with E-state index in [-0.39, 0.29) is 29.3 Å². The summed E-state index contributed by atoms with van der Waals surface area (Å²) in [7, 11) is 0. The van der Waals surface area contributed by atoms with Crippen molar-refractivity contribution in [3.63, 3.8) is 0 Å². The lowest BCUT2D eigenvalue weighted by Gasteiger charge is -2.44. The number of aryl methyl sites for hydroxylation is 1. The van der Waals surface area contributed by atoms with Crippen molar-refractivity contribution in [1.82, 2.24) is 9.88 Å². The zero-order valence-electron chi connectivity index (χ0n) is 22.7. The molecule has 1 aromatic heterocycles. The van der Waals surface area contributed by atoms with Crippen molar-refractivity contribution in [2.24, 2.45) is 5.41 Å². The van der Waals surface area contributed by atoms with Gasteiger partial charge in [-0.15, -0.1) is 0 Å². The highest BCUT2D eigenvalue weighted by atomic mass is 19.1. The minimum absolute atomic E-state index is 0.0616. The maximum absolute atomic E-state index is 13.7. The summed E-state index contributed by atoms with van der Waals surface area (Å²) in [5.74, 6) is 0.576. The van der Waals surface area contributed by atoms with Gasteiger partial charge in [0.05, 0.1) is 5.69 Å². The van der Waals surface area contributed by atoms with E-state index in [0.717, 1.165) is 65.5 Å². The maximum atomic E-state index is 13.7. The number of pyridine rings is 1. The summed E-state index contributed by atoms with van der Waals surface area (Å²) in [6, 6.07) is 13.0. The third-order valence-corrected chi connectivity index (χ3v) is 7.52. The molecular weight excluding hydrogens is 467 g/mol. The highest BCUT2D eigenvalue weighted by Gasteiger charge is 2.51. The minimum atomic E-state index is -0.489. The highest BCUT2D eigenvalue weighted by molar-refractivity contribution is 6.00. The molecule has 6 heteroatoms. The molecule has 1 aliphatic heterocycles. The van der Waals surface area contributed by atoms with Crippen molar-refractivity contribution in [1.29, 1.82) is 0 Å². The second kappa shape index (κ2) is 9.30. The van der Waals surface area contributed by atoms with E-state index in [1.54, 1.807) is 0 Å². The molecule has 1 spiro atoms. The number of nitrogens with zero attached hydrogens (tertiary/aromatic N) is 2. The molecule has 196 valence electrons. The molecule has 0 bridgehead atoms. The quantitative estimate of drug-likeness (QED) is 0.366. The van der Waals surface area contributed by atoms with E-state index in [1.165, 1.54) is 12.1 Å². The third-order valence-electron chi connectivity index (χ3n) is 7.52. The van der Waals surface area contributed by atoms with Crippen molar-refractivity contribution < 1.29 is 18.7 Å². The minimum Gasteiger partial charge on any atom is -0.474 e. The summed E-state index contributed by atoms with van der Waals surface area (Å²) in [6.45, 7) is 13.5. The topological polar surface area (TPSA) is 51.7 Å². The summed E-state index contributed by atoms with van der Waals surface area (Å²) < 4.78 is 25.8. The molecule has 1 saturated heterocycles. The Kier molecular flexibility index (Phi) is 6.41. The van der Waals surface area contributed by atoms with Crippen LogP contribution in [0.5, 0.6) is 5.88 Å². The number of benzene rings is 2. The maximum Gasteiger partial charge on any atom is 0.410 e. The summed E-state index contributed by atoms with van der Waals surface area (Å²) in [5, 5.41) is 2.04. The number of carbonyl (C=O) groups excluding carboxylic acids is 1. The van der Waals surface area contributed by atoms with Crippen LogP contribution < -0.4 is 4.74 Å². The lowest BCUT2D eigenvalue weighted by molar-refractivity contribution is -0.0150. The average Bonchev–Trinajstić information content (AvgIpc) is 3.24. The summed E-state index contributed by atoms with van der Waals surface area (Å²) in [4.78, 5) is 19.5. The van der Waals surface area contributed by atoms with E-state index in [0.29, 0.717) is 5.88 Å². The Morgan fingerprint density at radius 2 is 1.81 bits per heavy atom. The second-order valence-electron chi connectivity index (χ2n) is 12.2. The van der Waals surface area contributed by atoms with Crippen LogP contribution in [0.2, 0.25) is 0 Å². The molecule has 37 heavy (non-hydrogen) atoms. The van der Waals surface area contributed by atoms with Gasteiger partial charge in [-0.1, -0.05) is 43.7 Å². The number of hydrogen-bond acceptors (Lipinski definition) is 4. The van der Waals surface area contributed by atoms with Crippen LogP contribution in [-0.2, 0) is 4.74 Å². The Morgan fingerprint density at radius 3 is 2.46 bits per heavy atom. The fourth-order valence-corrected chi connectivity index (χ4v) is 5.74. The Morgan fingerprint density at radius 1 is 1.11 bits per heavy atom. The van der Waals surface area contributed by atoms with Gasteiger partial charge >= 0.3 is 6.09 Å². The van der Waals surface area contributed by atoms with Crippen molar-refractivity contribution in [2.45, 2.75) is 78.4 Å². The first-order chi connectivity index (χ1) is 17.4. The number of rotatable bonds is 4. The Balaban J connectivity index is 1.40. The zero-order valence-corrected chi connectivity index (χ0v) is 22.7.